The fourth-order valence-corrected chi connectivity index (χ4v) is 5.49. The number of imide groups is 1. The molecule has 1 aliphatic heterocycles. The predicted octanol–water partition coefficient (Wildman–Crippen LogP) is 8.97. The van der Waals surface area contributed by atoms with Crippen LogP contribution in [-0.4, -0.2) is 17.8 Å². The van der Waals surface area contributed by atoms with Crippen molar-refractivity contribution in [3.8, 4) is 0 Å². The van der Waals surface area contributed by atoms with Crippen LogP contribution in [0.3, 0.4) is 0 Å². The minimum atomic E-state index is -5.09. The topological polar surface area (TPSA) is 90.5 Å². The zero-order valence-electron chi connectivity index (χ0n) is 24.5. The minimum absolute atomic E-state index is 0.0190. The summed E-state index contributed by atoms with van der Waals surface area (Å²) >= 11 is 0.933. The fraction of sp³-hybridized carbons (Fsp3) is 0.121. The second-order valence-electron chi connectivity index (χ2n) is 10.5. The Labute approximate surface area is 268 Å². The van der Waals surface area contributed by atoms with E-state index in [2.05, 4.69) is 10.6 Å². The van der Waals surface area contributed by atoms with E-state index in [4.69, 9.17) is 0 Å². The van der Waals surface area contributed by atoms with E-state index >= 15 is 0 Å². The summed E-state index contributed by atoms with van der Waals surface area (Å²) in [5.41, 5.74) is -0.933. The Bertz CT molecular complexity index is 1860. The number of benzene rings is 4. The van der Waals surface area contributed by atoms with Crippen molar-refractivity contribution in [3.63, 3.8) is 0 Å². The summed E-state index contributed by atoms with van der Waals surface area (Å²) in [5, 5.41) is 7.41. The molecule has 4 aromatic carbocycles. The van der Waals surface area contributed by atoms with E-state index in [9.17, 15) is 40.7 Å². The lowest BCUT2D eigenvalue weighted by molar-refractivity contribution is -0.143. The second-order valence-corrected chi connectivity index (χ2v) is 11.6. The number of nitrogens with zero attached hydrogens (tertiary/aromatic N) is 1. The van der Waals surface area contributed by atoms with E-state index in [-0.39, 0.29) is 22.4 Å². The molecule has 3 N–H and O–H groups in total. The molecule has 0 aliphatic carbocycles. The Kier molecular flexibility index (Phi) is 9.07. The van der Waals surface area contributed by atoms with Gasteiger partial charge in [0.1, 0.15) is 10.6 Å². The quantitative estimate of drug-likeness (QED) is 0.135. The summed E-state index contributed by atoms with van der Waals surface area (Å²) in [6.07, 6.45) is -10.2. The van der Waals surface area contributed by atoms with Crippen molar-refractivity contribution in [2.75, 3.05) is 20.9 Å². The molecular weight excluding hydrogens is 646 g/mol. The lowest BCUT2D eigenvalue weighted by atomic mass is 10.1. The number of carbonyl (C=O) groups is 3. The molecule has 0 saturated heterocycles. The largest absolute Gasteiger partial charge is 0.416 e. The minimum Gasteiger partial charge on any atom is -0.350 e. The van der Waals surface area contributed by atoms with Crippen molar-refractivity contribution in [3.05, 3.63) is 124 Å². The number of hydrogen-bond acceptors (Lipinski definition) is 5. The standard InChI is InChI=1S/C33H24F6N4O3S/c1-18-6-10-22(11-7-18)40-27-28(30(45)43(29(27)44)25-12-8-19(2)9-13-25)47-26-5-3-4-23(17-26)41-31(46)42-24-15-20(32(34,35)36)14-21(16-24)33(37,38)39/h3-17,40H,1-2H3,(H2,41,42,46). The summed E-state index contributed by atoms with van der Waals surface area (Å²) in [4.78, 5) is 41.4. The predicted molar refractivity (Wildman–Crippen MR) is 167 cm³/mol. The van der Waals surface area contributed by atoms with Crippen LogP contribution in [0.1, 0.15) is 22.3 Å². The highest BCUT2D eigenvalue weighted by Crippen LogP contribution is 2.40. The van der Waals surface area contributed by atoms with Gasteiger partial charge in [-0.1, -0.05) is 53.2 Å². The molecule has 0 unspecified atom stereocenters. The highest BCUT2D eigenvalue weighted by molar-refractivity contribution is 8.04. The van der Waals surface area contributed by atoms with Crippen LogP contribution in [-0.2, 0) is 21.9 Å². The molecule has 0 fully saturated rings. The van der Waals surface area contributed by atoms with Gasteiger partial charge in [0.05, 0.1) is 16.8 Å². The van der Waals surface area contributed by atoms with Gasteiger partial charge in [-0.05, 0) is 74.5 Å². The molecule has 242 valence electrons. The summed E-state index contributed by atoms with van der Waals surface area (Å²) in [6, 6.07) is 19.6. The number of anilines is 4. The zero-order chi connectivity index (χ0) is 34.1. The van der Waals surface area contributed by atoms with Crippen LogP contribution in [0.5, 0.6) is 0 Å². The zero-order valence-corrected chi connectivity index (χ0v) is 25.3. The van der Waals surface area contributed by atoms with Gasteiger partial charge in [-0.25, -0.2) is 9.69 Å². The number of nitrogens with one attached hydrogen (secondary N) is 3. The Morgan fingerprint density at radius 2 is 1.21 bits per heavy atom. The van der Waals surface area contributed by atoms with Crippen LogP contribution < -0.4 is 20.9 Å². The highest BCUT2D eigenvalue weighted by atomic mass is 32.2. The van der Waals surface area contributed by atoms with E-state index in [1.165, 1.54) is 18.2 Å². The molecule has 47 heavy (non-hydrogen) atoms. The van der Waals surface area contributed by atoms with Gasteiger partial charge >= 0.3 is 18.4 Å². The molecule has 4 amide bonds. The Morgan fingerprint density at radius 3 is 1.79 bits per heavy atom. The molecule has 0 aromatic heterocycles. The lowest BCUT2D eigenvalue weighted by Crippen LogP contribution is -2.32. The van der Waals surface area contributed by atoms with Gasteiger partial charge in [0.2, 0.25) is 0 Å². The first kappa shape index (κ1) is 33.1. The summed E-state index contributed by atoms with van der Waals surface area (Å²) in [7, 11) is 0. The maximum absolute atomic E-state index is 13.7. The highest BCUT2D eigenvalue weighted by Gasteiger charge is 2.40. The second kappa shape index (κ2) is 12.9. The molecule has 0 spiro atoms. The first-order valence-electron chi connectivity index (χ1n) is 13.8. The normalized spacial score (nSPS) is 13.7. The van der Waals surface area contributed by atoms with Crippen LogP contribution in [0.25, 0.3) is 0 Å². The average molecular weight is 671 g/mol. The molecule has 0 bridgehead atoms. The number of carbonyl (C=O) groups excluding carboxylic acids is 3. The maximum atomic E-state index is 13.7. The van der Waals surface area contributed by atoms with Crippen LogP contribution in [0.4, 0.5) is 53.9 Å². The number of urea groups is 1. The summed E-state index contributed by atoms with van der Waals surface area (Å²) < 4.78 is 79.4. The van der Waals surface area contributed by atoms with Gasteiger partial charge in [0.25, 0.3) is 11.8 Å². The Balaban J connectivity index is 1.40. The Hall–Kier alpha value is -5.24. The van der Waals surface area contributed by atoms with Crippen LogP contribution in [0.2, 0.25) is 0 Å². The van der Waals surface area contributed by atoms with E-state index in [1.54, 1.807) is 42.5 Å². The first-order chi connectivity index (χ1) is 22.1. The molecule has 1 heterocycles. The van der Waals surface area contributed by atoms with Gasteiger partial charge < -0.3 is 16.0 Å². The molecule has 0 atom stereocenters. The van der Waals surface area contributed by atoms with Gasteiger partial charge in [-0.15, -0.1) is 0 Å². The molecule has 7 nitrogen and oxygen atoms in total. The van der Waals surface area contributed by atoms with E-state index in [1.807, 2.05) is 31.3 Å². The van der Waals surface area contributed by atoms with E-state index in [0.717, 1.165) is 27.8 Å². The third kappa shape index (κ3) is 7.77. The van der Waals surface area contributed by atoms with Gasteiger partial charge in [-0.2, -0.15) is 26.3 Å². The Morgan fingerprint density at radius 1 is 0.660 bits per heavy atom. The van der Waals surface area contributed by atoms with Crippen molar-refractivity contribution in [1.29, 1.82) is 0 Å². The number of aryl methyl sites for hydroxylation is 2. The number of alkyl halides is 6. The summed E-state index contributed by atoms with van der Waals surface area (Å²) in [6.45, 7) is 3.76. The van der Waals surface area contributed by atoms with Crippen molar-refractivity contribution in [2.45, 2.75) is 31.1 Å². The smallest absolute Gasteiger partial charge is 0.350 e. The maximum Gasteiger partial charge on any atom is 0.416 e. The van der Waals surface area contributed by atoms with Crippen molar-refractivity contribution < 1.29 is 40.7 Å². The third-order valence-electron chi connectivity index (χ3n) is 6.81. The molecule has 4 aromatic rings. The van der Waals surface area contributed by atoms with Crippen LogP contribution >= 0.6 is 11.8 Å². The van der Waals surface area contributed by atoms with Gasteiger partial charge in [-0.3, -0.25) is 9.59 Å². The van der Waals surface area contributed by atoms with E-state index < -0.39 is 47.0 Å². The van der Waals surface area contributed by atoms with Crippen molar-refractivity contribution >= 4 is 52.4 Å². The summed E-state index contributed by atoms with van der Waals surface area (Å²) in [5.74, 6) is -1.19. The SMILES string of the molecule is Cc1ccc(NC2=C(Sc3cccc(NC(=O)Nc4cc(C(F)(F)F)cc(C(F)(F)F)c4)c3)C(=O)N(c3ccc(C)cc3)C2=O)cc1. The van der Waals surface area contributed by atoms with Gasteiger partial charge in [0, 0.05) is 22.0 Å². The monoisotopic (exact) mass is 670 g/mol. The van der Waals surface area contributed by atoms with E-state index in [0.29, 0.717) is 28.4 Å². The number of thioether (sulfide) groups is 1. The molecule has 14 heteroatoms. The number of rotatable bonds is 7. The van der Waals surface area contributed by atoms with Crippen molar-refractivity contribution in [2.24, 2.45) is 0 Å². The van der Waals surface area contributed by atoms with Crippen LogP contribution in [0.15, 0.2) is 106 Å². The first-order valence-corrected chi connectivity index (χ1v) is 14.6. The molecule has 1 aliphatic rings. The third-order valence-corrected chi connectivity index (χ3v) is 7.88. The average Bonchev–Trinajstić information content (AvgIpc) is 3.21. The number of hydrogen-bond donors (Lipinski definition) is 3. The molecular formula is C33H24F6N4O3S. The van der Waals surface area contributed by atoms with Crippen LogP contribution in [0, 0.1) is 13.8 Å². The fourth-order valence-electron chi connectivity index (χ4n) is 4.50. The van der Waals surface area contributed by atoms with Gasteiger partial charge in [0.15, 0.2) is 0 Å². The number of halogens is 6. The molecule has 5 rings (SSSR count). The van der Waals surface area contributed by atoms with Crippen molar-refractivity contribution in [1.82, 2.24) is 0 Å². The lowest BCUT2D eigenvalue weighted by Gasteiger charge is -2.15. The molecule has 0 radical (unpaired) electrons. The molecule has 0 saturated carbocycles. The number of amides is 4.